The minimum absolute atomic E-state index is 0.0954. The van der Waals surface area contributed by atoms with Crippen LogP contribution in [-0.2, 0) is 23.8 Å². The molecule has 0 aliphatic heterocycles. The third-order valence-electron chi connectivity index (χ3n) is 4.50. The van der Waals surface area contributed by atoms with Gasteiger partial charge in [-0.15, -0.1) is 0 Å². The predicted octanol–water partition coefficient (Wildman–Crippen LogP) is 3.01. The highest BCUT2D eigenvalue weighted by Gasteiger charge is 2.27. The highest BCUT2D eigenvalue weighted by Crippen LogP contribution is 2.41. The highest BCUT2D eigenvalue weighted by atomic mass is 31.2. The summed E-state index contributed by atoms with van der Waals surface area (Å²) < 4.78 is 10.9. The highest BCUT2D eigenvalue weighted by molar-refractivity contribution is 7.52. The molecule has 0 bridgehead atoms. The Morgan fingerprint density at radius 1 is 0.846 bits per heavy atom. The van der Waals surface area contributed by atoms with Crippen LogP contribution in [0.2, 0.25) is 0 Å². The van der Waals surface area contributed by atoms with Gasteiger partial charge in [-0.3, -0.25) is 4.57 Å². The van der Waals surface area contributed by atoms with Gasteiger partial charge < -0.3 is 20.6 Å². The van der Waals surface area contributed by atoms with Crippen molar-refractivity contribution in [3.63, 3.8) is 0 Å². The topological polar surface area (TPSA) is 104 Å². The van der Waals surface area contributed by atoms with Crippen LogP contribution in [0, 0.1) is 0 Å². The molecule has 0 aromatic heterocycles. The molecule has 0 radical (unpaired) electrons. The van der Waals surface area contributed by atoms with Crippen LogP contribution >= 0.6 is 7.60 Å². The van der Waals surface area contributed by atoms with Crippen LogP contribution < -0.4 is 5.73 Å². The number of nitrogens with two attached hydrogens (primary N) is 1. The van der Waals surface area contributed by atoms with E-state index in [1.54, 1.807) is 0 Å². The lowest BCUT2D eigenvalue weighted by molar-refractivity contribution is 0.184. The van der Waals surface area contributed by atoms with E-state index in [-0.39, 0.29) is 6.42 Å². The van der Waals surface area contributed by atoms with Gasteiger partial charge >= 0.3 is 7.60 Å². The number of hydrogen-bond donors (Lipinski definition) is 4. The molecule has 0 heterocycles. The number of aryl methyl sites for hydroxylation is 3. The molecule has 5 nitrogen and oxygen atoms in total. The average Bonchev–Trinajstić information content (AvgIpc) is 2.61. The van der Waals surface area contributed by atoms with E-state index >= 15 is 0 Å². The summed E-state index contributed by atoms with van der Waals surface area (Å²) in [5.74, 6) is -1.68. The average molecular weight is 377 g/mol. The van der Waals surface area contributed by atoms with E-state index in [0.29, 0.717) is 6.42 Å². The number of hydrogen-bond acceptors (Lipinski definition) is 3. The first-order chi connectivity index (χ1) is 12.3. The molecule has 0 aliphatic carbocycles. The Balaban J connectivity index is 1.72. The van der Waals surface area contributed by atoms with Crippen molar-refractivity contribution in [2.45, 2.75) is 50.4 Å². The smallest absolute Gasteiger partial charge is 0.353 e. The molecule has 0 saturated carbocycles. The van der Waals surface area contributed by atoms with Crippen molar-refractivity contribution in [3.05, 3.63) is 71.3 Å². The Labute approximate surface area is 155 Å². The molecule has 6 heteroatoms. The van der Waals surface area contributed by atoms with Crippen molar-refractivity contribution in [2.24, 2.45) is 5.73 Å². The maximum Gasteiger partial charge on any atom is 0.353 e. The number of benzene rings is 2. The van der Waals surface area contributed by atoms with Crippen LogP contribution in [0.5, 0.6) is 0 Å². The molecule has 0 aliphatic rings. The summed E-state index contributed by atoms with van der Waals surface area (Å²) >= 11 is 0. The van der Waals surface area contributed by atoms with E-state index in [4.69, 9.17) is 15.5 Å². The van der Waals surface area contributed by atoms with Gasteiger partial charge in [-0.05, 0) is 48.8 Å². The molecular formula is C20H28NO4P. The summed E-state index contributed by atoms with van der Waals surface area (Å²) in [6.45, 7) is 0. The SMILES string of the molecule is N[C@H](CCc1ccc(CCCc2ccccc2)cc1)CC(O)P(=O)(O)O. The molecule has 1 unspecified atom stereocenters. The monoisotopic (exact) mass is 377 g/mol. The quantitative estimate of drug-likeness (QED) is 0.477. The van der Waals surface area contributed by atoms with Crippen molar-refractivity contribution < 1.29 is 19.5 Å². The van der Waals surface area contributed by atoms with E-state index in [0.717, 1.165) is 31.2 Å². The van der Waals surface area contributed by atoms with Crippen LogP contribution in [0.1, 0.15) is 36.0 Å². The Hall–Kier alpha value is -1.49. The molecule has 0 amide bonds. The normalized spacial score (nSPS) is 14.2. The van der Waals surface area contributed by atoms with Crippen LogP contribution in [0.15, 0.2) is 54.6 Å². The molecular weight excluding hydrogens is 349 g/mol. The van der Waals surface area contributed by atoms with Gasteiger partial charge in [0.25, 0.3) is 0 Å². The van der Waals surface area contributed by atoms with Crippen molar-refractivity contribution in [1.82, 2.24) is 0 Å². The number of aliphatic hydroxyl groups is 1. The maximum absolute atomic E-state index is 10.9. The zero-order valence-electron chi connectivity index (χ0n) is 14.9. The lowest BCUT2D eigenvalue weighted by Crippen LogP contribution is -2.26. The summed E-state index contributed by atoms with van der Waals surface area (Å²) in [6, 6.07) is 18.4. The summed E-state index contributed by atoms with van der Waals surface area (Å²) in [5.41, 5.74) is 9.66. The molecule has 0 spiro atoms. The van der Waals surface area contributed by atoms with Crippen LogP contribution in [-0.4, -0.2) is 26.8 Å². The maximum atomic E-state index is 10.9. The second kappa shape index (κ2) is 10.0. The van der Waals surface area contributed by atoms with E-state index < -0.39 is 19.5 Å². The van der Waals surface area contributed by atoms with Crippen molar-refractivity contribution in [1.29, 1.82) is 0 Å². The van der Waals surface area contributed by atoms with Gasteiger partial charge in [-0.2, -0.15) is 0 Å². The zero-order valence-corrected chi connectivity index (χ0v) is 15.8. The van der Waals surface area contributed by atoms with Gasteiger partial charge in [-0.1, -0.05) is 54.6 Å². The summed E-state index contributed by atoms with van der Waals surface area (Å²) in [7, 11) is -4.47. The second-order valence-corrected chi connectivity index (χ2v) is 8.53. The summed E-state index contributed by atoms with van der Waals surface area (Å²) in [5, 5.41) is 9.41. The molecule has 2 aromatic carbocycles. The minimum atomic E-state index is -4.47. The fourth-order valence-electron chi connectivity index (χ4n) is 2.89. The molecule has 2 atom stereocenters. The van der Waals surface area contributed by atoms with Crippen LogP contribution in [0.25, 0.3) is 0 Å². The van der Waals surface area contributed by atoms with E-state index in [1.807, 2.05) is 6.07 Å². The molecule has 0 saturated heterocycles. The largest absolute Gasteiger partial charge is 0.380 e. The fraction of sp³-hybridized carbons (Fsp3) is 0.400. The van der Waals surface area contributed by atoms with Crippen molar-refractivity contribution >= 4 is 7.60 Å². The Bertz CT molecular complexity index is 700. The molecule has 26 heavy (non-hydrogen) atoms. The Kier molecular flexibility index (Phi) is 8.01. The van der Waals surface area contributed by atoms with Gasteiger partial charge in [0.15, 0.2) is 5.85 Å². The minimum Gasteiger partial charge on any atom is -0.380 e. The molecule has 2 aromatic rings. The Morgan fingerprint density at radius 2 is 1.35 bits per heavy atom. The van der Waals surface area contributed by atoms with Crippen LogP contribution in [0.4, 0.5) is 0 Å². The first-order valence-corrected chi connectivity index (χ1v) is 10.6. The Morgan fingerprint density at radius 3 is 1.88 bits per heavy atom. The number of rotatable bonds is 10. The predicted molar refractivity (Wildman–Crippen MR) is 104 cm³/mol. The first-order valence-electron chi connectivity index (χ1n) is 8.95. The standard InChI is InChI=1S/C20H28NO4P/c21-19(15-20(22)26(23,24)25)14-13-18-11-9-17(10-12-18)8-4-7-16-5-2-1-3-6-16/h1-3,5-6,9-12,19-20,22H,4,7-8,13-15,21H2,(H2,23,24,25)/t19-,20?/m1/s1. The van der Waals surface area contributed by atoms with E-state index in [2.05, 4.69) is 48.5 Å². The van der Waals surface area contributed by atoms with Gasteiger partial charge in [0.05, 0.1) is 0 Å². The lowest BCUT2D eigenvalue weighted by Gasteiger charge is -2.17. The fourth-order valence-corrected chi connectivity index (χ4v) is 3.44. The molecule has 2 rings (SSSR count). The van der Waals surface area contributed by atoms with E-state index in [9.17, 15) is 9.67 Å². The zero-order chi connectivity index (χ0) is 19.0. The lowest BCUT2D eigenvalue weighted by atomic mass is 10.00. The molecule has 142 valence electrons. The van der Waals surface area contributed by atoms with Crippen molar-refractivity contribution in [2.75, 3.05) is 0 Å². The van der Waals surface area contributed by atoms with Gasteiger partial charge in [-0.25, -0.2) is 0 Å². The van der Waals surface area contributed by atoms with Gasteiger partial charge in [0.2, 0.25) is 0 Å². The van der Waals surface area contributed by atoms with Crippen molar-refractivity contribution in [3.8, 4) is 0 Å². The molecule has 0 fully saturated rings. The van der Waals surface area contributed by atoms with Crippen LogP contribution in [0.3, 0.4) is 0 Å². The first kappa shape index (κ1) is 20.8. The van der Waals surface area contributed by atoms with Gasteiger partial charge in [0.1, 0.15) is 0 Å². The van der Waals surface area contributed by atoms with Gasteiger partial charge in [0, 0.05) is 12.5 Å². The third-order valence-corrected chi connectivity index (χ3v) is 5.49. The third kappa shape index (κ3) is 7.40. The summed E-state index contributed by atoms with van der Waals surface area (Å²) in [6.07, 6.45) is 4.41. The number of aliphatic hydroxyl groups excluding tert-OH is 1. The van der Waals surface area contributed by atoms with E-state index in [1.165, 1.54) is 11.1 Å². The second-order valence-electron chi connectivity index (χ2n) is 6.76. The molecule has 5 N–H and O–H groups in total. The summed E-state index contributed by atoms with van der Waals surface area (Å²) in [4.78, 5) is 17.8.